The predicted octanol–water partition coefficient (Wildman–Crippen LogP) is 3.31. The summed E-state index contributed by atoms with van der Waals surface area (Å²) in [5, 5.41) is 15.3. The molecule has 0 aliphatic carbocycles. The molecule has 2 rings (SSSR count). The van der Waals surface area contributed by atoms with Gasteiger partial charge in [0.15, 0.2) is 0 Å². The summed E-state index contributed by atoms with van der Waals surface area (Å²) in [7, 11) is 0. The quantitative estimate of drug-likeness (QED) is 0.762. The van der Waals surface area contributed by atoms with Gasteiger partial charge in [0, 0.05) is 18.2 Å². The van der Waals surface area contributed by atoms with Crippen molar-refractivity contribution in [3.63, 3.8) is 0 Å². The number of hydrogen-bond acceptors (Lipinski definition) is 3. The van der Waals surface area contributed by atoms with E-state index in [0.717, 1.165) is 12.0 Å². The smallest absolute Gasteiger partial charge is 0.255 e. The fraction of sp³-hybridized carbons (Fsp3) is 0.263. The predicted molar refractivity (Wildman–Crippen MR) is 93.8 cm³/mol. The van der Waals surface area contributed by atoms with Gasteiger partial charge in [-0.1, -0.05) is 38.1 Å². The lowest BCUT2D eigenvalue weighted by molar-refractivity contribution is -0.119. The van der Waals surface area contributed by atoms with E-state index in [1.54, 1.807) is 18.2 Å². The molecule has 24 heavy (non-hydrogen) atoms. The molecule has 126 valence electrons. The van der Waals surface area contributed by atoms with E-state index in [0.29, 0.717) is 12.2 Å². The van der Waals surface area contributed by atoms with Crippen LogP contribution in [0.4, 0.5) is 5.69 Å². The van der Waals surface area contributed by atoms with E-state index in [1.165, 1.54) is 6.07 Å². The third-order valence-corrected chi connectivity index (χ3v) is 3.86. The van der Waals surface area contributed by atoms with Gasteiger partial charge in [0.2, 0.25) is 5.91 Å². The first-order valence-corrected chi connectivity index (χ1v) is 7.97. The van der Waals surface area contributed by atoms with Crippen molar-refractivity contribution in [3.05, 3.63) is 59.7 Å². The molecule has 5 nitrogen and oxygen atoms in total. The fourth-order valence-electron chi connectivity index (χ4n) is 2.15. The number of carbonyl (C=O) groups is 2. The van der Waals surface area contributed by atoms with Gasteiger partial charge < -0.3 is 15.7 Å². The minimum absolute atomic E-state index is 0.0205. The standard InChI is InChI=1S/C19H22N2O3/c1-3-13(2)18(23)21-15-8-6-7-14(11-15)12-20-19(24)16-9-4-5-10-17(16)22/h4-11,13,22H,3,12H2,1-2H3,(H,20,24)(H,21,23). The molecule has 0 aliphatic heterocycles. The average molecular weight is 326 g/mol. The zero-order chi connectivity index (χ0) is 17.5. The van der Waals surface area contributed by atoms with Crippen LogP contribution in [0.3, 0.4) is 0 Å². The Hall–Kier alpha value is -2.82. The number of anilines is 1. The number of para-hydroxylation sites is 1. The molecule has 1 unspecified atom stereocenters. The number of phenols is 1. The number of carbonyl (C=O) groups excluding carboxylic acids is 2. The number of hydrogen-bond donors (Lipinski definition) is 3. The van der Waals surface area contributed by atoms with E-state index in [4.69, 9.17) is 0 Å². The van der Waals surface area contributed by atoms with Crippen LogP contribution in [0.1, 0.15) is 36.2 Å². The van der Waals surface area contributed by atoms with Gasteiger partial charge in [-0.25, -0.2) is 0 Å². The molecule has 0 saturated carbocycles. The Labute approximate surface area is 141 Å². The monoisotopic (exact) mass is 326 g/mol. The molecule has 0 fully saturated rings. The van der Waals surface area contributed by atoms with E-state index in [-0.39, 0.29) is 29.0 Å². The average Bonchev–Trinajstić information content (AvgIpc) is 2.59. The van der Waals surface area contributed by atoms with Gasteiger partial charge in [-0.05, 0) is 36.2 Å². The summed E-state index contributed by atoms with van der Waals surface area (Å²) < 4.78 is 0. The number of phenolic OH excluding ortho intramolecular Hbond substituents is 1. The molecule has 1 atom stereocenters. The number of amides is 2. The summed E-state index contributed by atoms with van der Waals surface area (Å²) in [6.07, 6.45) is 0.780. The summed E-state index contributed by atoms with van der Waals surface area (Å²) in [6.45, 7) is 4.15. The summed E-state index contributed by atoms with van der Waals surface area (Å²) in [6, 6.07) is 13.7. The minimum Gasteiger partial charge on any atom is -0.507 e. The molecular formula is C19H22N2O3. The van der Waals surface area contributed by atoms with Crippen LogP contribution in [0.25, 0.3) is 0 Å². The van der Waals surface area contributed by atoms with E-state index in [1.807, 2.05) is 38.1 Å². The van der Waals surface area contributed by atoms with Crippen LogP contribution < -0.4 is 10.6 Å². The number of aromatic hydroxyl groups is 1. The maximum Gasteiger partial charge on any atom is 0.255 e. The van der Waals surface area contributed by atoms with Gasteiger partial charge in [0.1, 0.15) is 5.75 Å². The molecule has 0 spiro atoms. The molecule has 3 N–H and O–H groups in total. The van der Waals surface area contributed by atoms with E-state index >= 15 is 0 Å². The van der Waals surface area contributed by atoms with Crippen molar-refractivity contribution in [2.24, 2.45) is 5.92 Å². The highest BCUT2D eigenvalue weighted by molar-refractivity contribution is 5.96. The molecule has 2 aromatic rings. The van der Waals surface area contributed by atoms with Gasteiger partial charge in [0.05, 0.1) is 5.56 Å². The van der Waals surface area contributed by atoms with Crippen LogP contribution in [0.5, 0.6) is 5.75 Å². The summed E-state index contributed by atoms with van der Waals surface area (Å²) in [5.41, 5.74) is 1.80. The van der Waals surface area contributed by atoms with Crippen LogP contribution in [-0.2, 0) is 11.3 Å². The highest BCUT2D eigenvalue weighted by Crippen LogP contribution is 2.16. The van der Waals surface area contributed by atoms with Crippen molar-refractivity contribution in [1.82, 2.24) is 5.32 Å². The molecule has 0 aliphatic rings. The van der Waals surface area contributed by atoms with Crippen molar-refractivity contribution in [1.29, 1.82) is 0 Å². The fourth-order valence-corrected chi connectivity index (χ4v) is 2.15. The van der Waals surface area contributed by atoms with E-state index in [2.05, 4.69) is 10.6 Å². The summed E-state index contributed by atoms with van der Waals surface area (Å²) in [4.78, 5) is 24.0. The molecule has 0 radical (unpaired) electrons. The van der Waals surface area contributed by atoms with Crippen molar-refractivity contribution in [2.45, 2.75) is 26.8 Å². The molecule has 0 heterocycles. The molecule has 2 amide bonds. The molecule has 5 heteroatoms. The van der Waals surface area contributed by atoms with Crippen molar-refractivity contribution >= 4 is 17.5 Å². The van der Waals surface area contributed by atoms with Crippen LogP contribution in [0, 0.1) is 5.92 Å². The lowest BCUT2D eigenvalue weighted by Gasteiger charge is -2.11. The summed E-state index contributed by atoms with van der Waals surface area (Å²) >= 11 is 0. The summed E-state index contributed by atoms with van der Waals surface area (Å²) in [5.74, 6) is -0.464. The van der Waals surface area contributed by atoms with Gasteiger partial charge >= 0.3 is 0 Å². The second kappa shape index (κ2) is 8.15. The van der Waals surface area contributed by atoms with Gasteiger partial charge in [-0.2, -0.15) is 0 Å². The number of benzene rings is 2. The second-order valence-corrected chi connectivity index (χ2v) is 5.70. The van der Waals surface area contributed by atoms with Gasteiger partial charge in [0.25, 0.3) is 5.91 Å². The molecular weight excluding hydrogens is 304 g/mol. The highest BCUT2D eigenvalue weighted by Gasteiger charge is 2.12. The van der Waals surface area contributed by atoms with E-state index in [9.17, 15) is 14.7 Å². The number of rotatable bonds is 6. The molecule has 0 aromatic heterocycles. The molecule has 0 saturated heterocycles. The second-order valence-electron chi connectivity index (χ2n) is 5.70. The minimum atomic E-state index is -0.345. The maximum absolute atomic E-state index is 12.1. The SMILES string of the molecule is CCC(C)C(=O)Nc1cccc(CNC(=O)c2ccccc2O)c1. The maximum atomic E-state index is 12.1. The third-order valence-electron chi connectivity index (χ3n) is 3.86. The highest BCUT2D eigenvalue weighted by atomic mass is 16.3. The lowest BCUT2D eigenvalue weighted by atomic mass is 10.1. The van der Waals surface area contributed by atoms with Crippen LogP contribution in [0.2, 0.25) is 0 Å². The van der Waals surface area contributed by atoms with Crippen LogP contribution in [-0.4, -0.2) is 16.9 Å². The topological polar surface area (TPSA) is 78.4 Å². The first kappa shape index (κ1) is 17.5. The first-order valence-electron chi connectivity index (χ1n) is 7.97. The Balaban J connectivity index is 1.98. The van der Waals surface area contributed by atoms with E-state index < -0.39 is 0 Å². The van der Waals surface area contributed by atoms with Gasteiger partial charge in [-0.15, -0.1) is 0 Å². The normalized spacial score (nSPS) is 11.6. The Kier molecular flexibility index (Phi) is 5.95. The Morgan fingerprint density at radius 3 is 2.58 bits per heavy atom. The van der Waals surface area contributed by atoms with Crippen molar-refractivity contribution < 1.29 is 14.7 Å². The van der Waals surface area contributed by atoms with Gasteiger partial charge in [-0.3, -0.25) is 9.59 Å². The van der Waals surface area contributed by atoms with Crippen molar-refractivity contribution in [3.8, 4) is 5.75 Å². The largest absolute Gasteiger partial charge is 0.507 e. The van der Waals surface area contributed by atoms with Crippen molar-refractivity contribution in [2.75, 3.05) is 5.32 Å². The first-order chi connectivity index (χ1) is 11.5. The lowest BCUT2D eigenvalue weighted by Crippen LogP contribution is -2.23. The Morgan fingerprint density at radius 1 is 1.12 bits per heavy atom. The van der Waals surface area contributed by atoms with Crippen LogP contribution >= 0.6 is 0 Å². The molecule has 0 bridgehead atoms. The Morgan fingerprint density at radius 2 is 1.88 bits per heavy atom. The molecule has 2 aromatic carbocycles. The Bertz CT molecular complexity index is 728. The van der Waals surface area contributed by atoms with Crippen LogP contribution in [0.15, 0.2) is 48.5 Å². The number of nitrogens with one attached hydrogen (secondary N) is 2. The zero-order valence-electron chi connectivity index (χ0n) is 13.9. The zero-order valence-corrected chi connectivity index (χ0v) is 13.9. The third kappa shape index (κ3) is 4.59.